The molecule has 1 aromatic carbocycles. The Morgan fingerprint density at radius 3 is 1.73 bits per heavy atom. The summed E-state index contributed by atoms with van der Waals surface area (Å²) in [5.41, 5.74) is 3.19. The van der Waals surface area contributed by atoms with E-state index in [-0.39, 0.29) is 0 Å². The monoisotopic (exact) mass is 321 g/mol. The quantitative estimate of drug-likeness (QED) is 0.286. The summed E-state index contributed by atoms with van der Waals surface area (Å²) in [7, 11) is 0.508. The smallest absolute Gasteiger partial charge is 0.0654 e. The zero-order valence-corrected chi connectivity index (χ0v) is 16.0. The summed E-state index contributed by atoms with van der Waals surface area (Å²) in [5, 5.41) is 0. The van der Waals surface area contributed by atoms with Crippen LogP contribution in [0.1, 0.15) is 82.3 Å². The molecule has 0 radical (unpaired) electrons. The number of unbranched alkanes of at least 4 members (excludes halogenated alkanes) is 9. The molecule has 0 heterocycles. The molecule has 0 saturated carbocycles. The fourth-order valence-electron chi connectivity index (χ4n) is 3.06. The van der Waals surface area contributed by atoms with Crippen LogP contribution in [0, 0.1) is 0 Å². The fraction of sp³-hybridized carbons (Fsp3) is 0.714. The van der Waals surface area contributed by atoms with Crippen LogP contribution in [0.3, 0.4) is 0 Å². The number of benzene rings is 1. The molecule has 1 heteroatoms. The van der Waals surface area contributed by atoms with E-state index < -0.39 is 0 Å². The molecule has 0 fully saturated rings. The molecule has 0 atom stereocenters. The van der Waals surface area contributed by atoms with Gasteiger partial charge in [0, 0.05) is 5.56 Å². The number of hydrogen-bond donors (Lipinski definition) is 0. The second-order valence-corrected chi connectivity index (χ2v) is 9.09. The van der Waals surface area contributed by atoms with Crippen LogP contribution in [0.15, 0.2) is 24.3 Å². The van der Waals surface area contributed by atoms with E-state index >= 15 is 0 Å². The van der Waals surface area contributed by atoms with Gasteiger partial charge < -0.3 is 0 Å². The summed E-state index contributed by atoms with van der Waals surface area (Å²) >= 11 is 0. The lowest BCUT2D eigenvalue weighted by Gasteiger charge is -2.08. The first-order valence-electron chi connectivity index (χ1n) is 9.35. The molecule has 0 unspecified atom stereocenters. The summed E-state index contributed by atoms with van der Waals surface area (Å²) in [5.74, 6) is 1.26. The Bertz CT molecular complexity index is 370. The van der Waals surface area contributed by atoms with Crippen molar-refractivity contribution in [3.05, 3.63) is 35.4 Å². The maximum absolute atomic E-state index is 2.34. The lowest BCUT2D eigenvalue weighted by Crippen LogP contribution is -2.03. The standard InChI is InChI=1S/C21H37S/c1-4-5-6-7-8-9-10-11-12-13-16-20-17-14-15-18-21(20)19-22(2)3/h14-15,17-18H,4-13,16,19H2,1-3H3/q+1. The van der Waals surface area contributed by atoms with Crippen LogP contribution < -0.4 is 0 Å². The largest absolute Gasteiger partial charge is 0.132 e. The minimum Gasteiger partial charge on any atom is -0.0654 e. The molecule has 0 aliphatic rings. The Morgan fingerprint density at radius 2 is 1.18 bits per heavy atom. The highest BCUT2D eigenvalue weighted by atomic mass is 32.2. The van der Waals surface area contributed by atoms with E-state index in [1.165, 1.54) is 76.4 Å². The summed E-state index contributed by atoms with van der Waals surface area (Å²) in [6, 6.07) is 9.08. The van der Waals surface area contributed by atoms with Crippen molar-refractivity contribution >= 4 is 10.9 Å². The van der Waals surface area contributed by atoms with Gasteiger partial charge in [0.15, 0.2) is 0 Å². The highest BCUT2D eigenvalue weighted by Gasteiger charge is 2.08. The van der Waals surface area contributed by atoms with Gasteiger partial charge >= 0.3 is 0 Å². The summed E-state index contributed by atoms with van der Waals surface area (Å²) < 4.78 is 0. The third-order valence-electron chi connectivity index (χ3n) is 4.36. The molecule has 126 valence electrons. The van der Waals surface area contributed by atoms with Crippen molar-refractivity contribution in [3.63, 3.8) is 0 Å². The molecular formula is C21H37S+. The first-order valence-corrected chi connectivity index (χ1v) is 11.6. The summed E-state index contributed by atoms with van der Waals surface area (Å²) in [4.78, 5) is 0. The van der Waals surface area contributed by atoms with Crippen molar-refractivity contribution in [1.29, 1.82) is 0 Å². The van der Waals surface area contributed by atoms with Gasteiger partial charge in [0.1, 0.15) is 5.75 Å². The van der Waals surface area contributed by atoms with Gasteiger partial charge in [-0.2, -0.15) is 0 Å². The first kappa shape index (κ1) is 19.6. The van der Waals surface area contributed by atoms with Gasteiger partial charge in [-0.15, -0.1) is 0 Å². The van der Waals surface area contributed by atoms with E-state index in [0.29, 0.717) is 10.9 Å². The molecule has 0 nitrogen and oxygen atoms in total. The minimum absolute atomic E-state index is 0.508. The first-order chi connectivity index (χ1) is 10.7. The number of rotatable bonds is 13. The van der Waals surface area contributed by atoms with Crippen LogP contribution in [0.5, 0.6) is 0 Å². The Labute approximate surface area is 142 Å². The summed E-state index contributed by atoms with van der Waals surface area (Å²) in [6.07, 6.45) is 20.2. The van der Waals surface area contributed by atoms with Crippen LogP contribution in [0.4, 0.5) is 0 Å². The third-order valence-corrected chi connectivity index (χ3v) is 5.25. The number of hydrogen-bond acceptors (Lipinski definition) is 0. The molecule has 0 N–H and O–H groups in total. The van der Waals surface area contributed by atoms with Crippen LogP contribution >= 0.6 is 0 Å². The lowest BCUT2D eigenvalue weighted by atomic mass is 10.0. The van der Waals surface area contributed by atoms with E-state index in [1.807, 2.05) is 0 Å². The molecule has 22 heavy (non-hydrogen) atoms. The zero-order valence-electron chi connectivity index (χ0n) is 15.2. The molecular weight excluding hydrogens is 284 g/mol. The van der Waals surface area contributed by atoms with Gasteiger partial charge in [0.2, 0.25) is 0 Å². The molecule has 0 bridgehead atoms. The van der Waals surface area contributed by atoms with Gasteiger partial charge in [-0.25, -0.2) is 0 Å². The second-order valence-electron chi connectivity index (χ2n) is 6.83. The average Bonchev–Trinajstić information content (AvgIpc) is 2.50. The van der Waals surface area contributed by atoms with Crippen LogP contribution in [-0.4, -0.2) is 12.5 Å². The molecule has 0 spiro atoms. The minimum atomic E-state index is 0.508. The normalized spacial score (nSPS) is 11.3. The fourth-order valence-corrected chi connectivity index (χ4v) is 3.96. The molecule has 0 amide bonds. The van der Waals surface area contributed by atoms with Gasteiger partial charge in [0.25, 0.3) is 0 Å². The maximum atomic E-state index is 2.34. The summed E-state index contributed by atoms with van der Waals surface area (Å²) in [6.45, 7) is 2.29. The molecule has 0 saturated heterocycles. The van der Waals surface area contributed by atoms with E-state index in [2.05, 4.69) is 43.7 Å². The van der Waals surface area contributed by atoms with E-state index in [1.54, 1.807) is 11.1 Å². The van der Waals surface area contributed by atoms with Crippen molar-refractivity contribution in [2.24, 2.45) is 0 Å². The second kappa shape index (κ2) is 13.0. The molecule has 0 aromatic heterocycles. The molecule has 1 rings (SSSR count). The molecule has 0 aliphatic carbocycles. The highest BCUT2D eigenvalue weighted by Crippen LogP contribution is 2.17. The zero-order chi connectivity index (χ0) is 16.0. The van der Waals surface area contributed by atoms with Crippen molar-refractivity contribution in [1.82, 2.24) is 0 Å². The van der Waals surface area contributed by atoms with Gasteiger partial charge in [-0.1, -0.05) is 89.0 Å². The average molecular weight is 322 g/mol. The third kappa shape index (κ3) is 9.56. The van der Waals surface area contributed by atoms with Gasteiger partial charge in [-0.05, 0) is 29.3 Å². The van der Waals surface area contributed by atoms with Crippen LogP contribution in [0.2, 0.25) is 0 Å². The van der Waals surface area contributed by atoms with E-state index in [4.69, 9.17) is 0 Å². The van der Waals surface area contributed by atoms with E-state index in [0.717, 1.165) is 0 Å². The lowest BCUT2D eigenvalue weighted by molar-refractivity contribution is 0.556. The Kier molecular flexibility index (Phi) is 11.6. The highest BCUT2D eigenvalue weighted by molar-refractivity contribution is 7.94. The Balaban J connectivity index is 2.07. The van der Waals surface area contributed by atoms with E-state index in [9.17, 15) is 0 Å². The van der Waals surface area contributed by atoms with Crippen LogP contribution in [0.25, 0.3) is 0 Å². The van der Waals surface area contributed by atoms with Crippen molar-refractivity contribution in [2.45, 2.75) is 83.3 Å². The topological polar surface area (TPSA) is 0 Å². The van der Waals surface area contributed by atoms with Crippen molar-refractivity contribution in [2.75, 3.05) is 12.5 Å². The predicted octanol–water partition coefficient (Wildman–Crippen LogP) is 6.53. The van der Waals surface area contributed by atoms with Crippen molar-refractivity contribution < 1.29 is 0 Å². The van der Waals surface area contributed by atoms with Crippen molar-refractivity contribution in [3.8, 4) is 0 Å². The number of aryl methyl sites for hydroxylation is 1. The van der Waals surface area contributed by atoms with Gasteiger partial charge in [0.05, 0.1) is 12.5 Å². The molecule has 0 aliphatic heterocycles. The Morgan fingerprint density at radius 1 is 0.682 bits per heavy atom. The Hall–Kier alpha value is -0.430. The van der Waals surface area contributed by atoms with Crippen LogP contribution in [-0.2, 0) is 23.1 Å². The SMILES string of the molecule is CCCCCCCCCCCCc1ccccc1C[S+](C)C. The maximum Gasteiger partial charge on any atom is 0.132 e. The van der Waals surface area contributed by atoms with Gasteiger partial charge in [-0.3, -0.25) is 0 Å². The predicted molar refractivity (Wildman–Crippen MR) is 105 cm³/mol. The molecule has 1 aromatic rings.